The molecule has 0 spiro atoms. The zero-order valence-electron chi connectivity index (χ0n) is 12.8. The quantitative estimate of drug-likeness (QED) is 0.886. The summed E-state index contributed by atoms with van der Waals surface area (Å²) in [5, 5.41) is 5.13. The molecule has 4 heteroatoms. The van der Waals surface area contributed by atoms with E-state index in [-0.39, 0.29) is 5.91 Å². The van der Waals surface area contributed by atoms with Gasteiger partial charge in [0.05, 0.1) is 0 Å². The Morgan fingerprint density at radius 3 is 2.62 bits per heavy atom. The van der Waals surface area contributed by atoms with Crippen LogP contribution in [0.3, 0.4) is 0 Å². The fourth-order valence-corrected chi connectivity index (χ4v) is 2.04. The van der Waals surface area contributed by atoms with Crippen LogP contribution in [0.15, 0.2) is 42.5 Å². The smallest absolute Gasteiger partial charge is 0.260 e. The Labute approximate surface area is 125 Å². The minimum absolute atomic E-state index is 0.0926. The molecular weight excluding hydrogens is 264 g/mol. The fraction of sp³-hybridized carbons (Fsp3) is 0.353. The summed E-state index contributed by atoms with van der Waals surface area (Å²) in [4.78, 5) is 14.0. The van der Waals surface area contributed by atoms with Crippen molar-refractivity contribution in [3.8, 4) is 5.75 Å². The number of nitrogens with one attached hydrogen (secondary N) is 1. The molecule has 1 atom stereocenters. The SMILES string of the molecule is C[C@@H](Oc1ccc2ccccc2c1)C(=O)NCCN(C)C. The summed E-state index contributed by atoms with van der Waals surface area (Å²) in [6.45, 7) is 3.20. The molecule has 0 aliphatic rings. The van der Waals surface area contributed by atoms with Crippen LogP contribution in [0.1, 0.15) is 6.92 Å². The Hall–Kier alpha value is -2.07. The zero-order chi connectivity index (χ0) is 15.2. The van der Waals surface area contributed by atoms with Gasteiger partial charge in [-0.2, -0.15) is 0 Å². The van der Waals surface area contributed by atoms with Crippen LogP contribution in [0.25, 0.3) is 10.8 Å². The lowest BCUT2D eigenvalue weighted by Crippen LogP contribution is -2.39. The summed E-state index contributed by atoms with van der Waals surface area (Å²) < 4.78 is 5.72. The molecule has 0 aromatic heterocycles. The predicted octanol–water partition coefficient (Wildman–Crippen LogP) is 2.28. The van der Waals surface area contributed by atoms with Crippen LogP contribution < -0.4 is 10.1 Å². The molecule has 0 radical (unpaired) electrons. The van der Waals surface area contributed by atoms with Gasteiger partial charge in [-0.15, -0.1) is 0 Å². The molecule has 21 heavy (non-hydrogen) atoms. The molecule has 1 N–H and O–H groups in total. The highest BCUT2D eigenvalue weighted by Crippen LogP contribution is 2.21. The van der Waals surface area contributed by atoms with Crippen molar-refractivity contribution in [3.05, 3.63) is 42.5 Å². The maximum atomic E-state index is 11.9. The molecule has 2 aromatic carbocycles. The number of likely N-dealkylation sites (N-methyl/N-ethyl adjacent to an activating group) is 1. The molecule has 0 saturated heterocycles. The van der Waals surface area contributed by atoms with Gasteiger partial charge >= 0.3 is 0 Å². The van der Waals surface area contributed by atoms with Crippen molar-refractivity contribution in [2.45, 2.75) is 13.0 Å². The molecule has 2 rings (SSSR count). The minimum atomic E-state index is -0.506. The molecule has 0 aliphatic heterocycles. The topological polar surface area (TPSA) is 41.6 Å². The van der Waals surface area contributed by atoms with E-state index in [4.69, 9.17) is 4.74 Å². The van der Waals surface area contributed by atoms with E-state index in [1.807, 2.05) is 55.4 Å². The number of carbonyl (C=O) groups is 1. The molecule has 4 nitrogen and oxygen atoms in total. The van der Waals surface area contributed by atoms with Crippen LogP contribution in [0.4, 0.5) is 0 Å². The number of ether oxygens (including phenoxy) is 1. The molecule has 1 amide bonds. The first kappa shape index (κ1) is 15.3. The molecule has 0 unspecified atom stereocenters. The number of nitrogens with zero attached hydrogens (tertiary/aromatic N) is 1. The highest BCUT2D eigenvalue weighted by molar-refractivity contribution is 5.84. The molecular formula is C17H22N2O2. The van der Waals surface area contributed by atoms with Gasteiger partial charge in [0.1, 0.15) is 5.75 Å². The summed E-state index contributed by atoms with van der Waals surface area (Å²) in [6, 6.07) is 13.9. The van der Waals surface area contributed by atoms with Gasteiger partial charge in [-0.05, 0) is 43.9 Å². The van der Waals surface area contributed by atoms with Gasteiger partial charge in [0.2, 0.25) is 0 Å². The van der Waals surface area contributed by atoms with Crippen molar-refractivity contribution in [2.24, 2.45) is 0 Å². The van der Waals surface area contributed by atoms with Crippen LogP contribution in [-0.2, 0) is 4.79 Å². The largest absolute Gasteiger partial charge is 0.481 e. The van der Waals surface area contributed by atoms with E-state index in [1.54, 1.807) is 6.92 Å². The van der Waals surface area contributed by atoms with E-state index in [1.165, 1.54) is 0 Å². The summed E-state index contributed by atoms with van der Waals surface area (Å²) in [7, 11) is 3.95. The van der Waals surface area contributed by atoms with Crippen LogP contribution in [0.2, 0.25) is 0 Å². The van der Waals surface area contributed by atoms with E-state index in [0.717, 1.165) is 17.3 Å². The Balaban J connectivity index is 1.94. The Kier molecular flexibility index (Phi) is 5.17. The first-order valence-electron chi connectivity index (χ1n) is 7.14. The average Bonchev–Trinajstić information content (AvgIpc) is 2.46. The van der Waals surface area contributed by atoms with Crippen molar-refractivity contribution in [3.63, 3.8) is 0 Å². The molecule has 0 saturated carbocycles. The highest BCUT2D eigenvalue weighted by atomic mass is 16.5. The van der Waals surface area contributed by atoms with E-state index in [2.05, 4.69) is 11.4 Å². The number of amides is 1. The number of benzene rings is 2. The van der Waals surface area contributed by atoms with Crippen LogP contribution in [-0.4, -0.2) is 44.1 Å². The molecule has 0 fully saturated rings. The third-order valence-corrected chi connectivity index (χ3v) is 3.26. The molecule has 0 bridgehead atoms. The molecule has 2 aromatic rings. The minimum Gasteiger partial charge on any atom is -0.481 e. The van der Waals surface area contributed by atoms with Crippen LogP contribution >= 0.6 is 0 Å². The van der Waals surface area contributed by atoms with Crippen molar-refractivity contribution in [2.75, 3.05) is 27.2 Å². The van der Waals surface area contributed by atoms with Gasteiger partial charge in [-0.25, -0.2) is 0 Å². The zero-order valence-corrected chi connectivity index (χ0v) is 12.8. The van der Waals surface area contributed by atoms with Crippen molar-refractivity contribution >= 4 is 16.7 Å². The Bertz CT molecular complexity index is 611. The maximum absolute atomic E-state index is 11.9. The monoisotopic (exact) mass is 286 g/mol. The summed E-state index contributed by atoms with van der Waals surface area (Å²) >= 11 is 0. The van der Waals surface area contributed by atoms with Crippen LogP contribution in [0, 0.1) is 0 Å². The lowest BCUT2D eigenvalue weighted by Gasteiger charge is -2.16. The number of hydrogen-bond acceptors (Lipinski definition) is 3. The van der Waals surface area contributed by atoms with E-state index >= 15 is 0 Å². The second-order valence-corrected chi connectivity index (χ2v) is 5.36. The Morgan fingerprint density at radius 2 is 1.90 bits per heavy atom. The highest BCUT2D eigenvalue weighted by Gasteiger charge is 2.14. The van der Waals surface area contributed by atoms with E-state index < -0.39 is 6.10 Å². The summed E-state index contributed by atoms with van der Waals surface area (Å²) in [5.74, 6) is 0.619. The third kappa shape index (κ3) is 4.46. The van der Waals surface area contributed by atoms with Gasteiger partial charge in [0.15, 0.2) is 6.10 Å². The van der Waals surface area contributed by atoms with Gasteiger partial charge in [0.25, 0.3) is 5.91 Å². The van der Waals surface area contributed by atoms with Crippen molar-refractivity contribution in [1.29, 1.82) is 0 Å². The lowest BCUT2D eigenvalue weighted by atomic mass is 10.1. The normalized spacial score (nSPS) is 12.4. The number of carbonyl (C=O) groups excluding carboxylic acids is 1. The lowest BCUT2D eigenvalue weighted by molar-refractivity contribution is -0.127. The molecule has 0 heterocycles. The van der Waals surface area contributed by atoms with Crippen molar-refractivity contribution < 1.29 is 9.53 Å². The van der Waals surface area contributed by atoms with Gasteiger partial charge in [0, 0.05) is 13.1 Å². The third-order valence-electron chi connectivity index (χ3n) is 3.26. The van der Waals surface area contributed by atoms with E-state index in [0.29, 0.717) is 12.3 Å². The summed E-state index contributed by atoms with van der Waals surface area (Å²) in [5.41, 5.74) is 0. The molecule has 0 aliphatic carbocycles. The van der Waals surface area contributed by atoms with Gasteiger partial charge in [-0.1, -0.05) is 30.3 Å². The van der Waals surface area contributed by atoms with Crippen molar-refractivity contribution in [1.82, 2.24) is 10.2 Å². The standard InChI is InChI=1S/C17H22N2O2/c1-13(17(20)18-10-11-19(2)3)21-16-9-8-14-6-4-5-7-15(14)12-16/h4-9,12-13H,10-11H2,1-3H3,(H,18,20)/t13-/m1/s1. The molecule has 112 valence electrons. The first-order chi connectivity index (χ1) is 10.1. The fourth-order valence-electron chi connectivity index (χ4n) is 2.04. The second-order valence-electron chi connectivity index (χ2n) is 5.36. The van der Waals surface area contributed by atoms with Gasteiger partial charge < -0.3 is 15.0 Å². The number of fused-ring (bicyclic) bond motifs is 1. The number of hydrogen-bond donors (Lipinski definition) is 1. The predicted molar refractivity (Wildman–Crippen MR) is 85.6 cm³/mol. The van der Waals surface area contributed by atoms with Gasteiger partial charge in [-0.3, -0.25) is 4.79 Å². The maximum Gasteiger partial charge on any atom is 0.260 e. The number of rotatable bonds is 6. The van der Waals surface area contributed by atoms with E-state index in [9.17, 15) is 4.79 Å². The van der Waals surface area contributed by atoms with Crippen LogP contribution in [0.5, 0.6) is 5.75 Å². The first-order valence-corrected chi connectivity index (χ1v) is 7.14. The Morgan fingerprint density at radius 1 is 1.19 bits per heavy atom. The summed E-state index contributed by atoms with van der Waals surface area (Å²) in [6.07, 6.45) is -0.506. The second kappa shape index (κ2) is 7.09. The average molecular weight is 286 g/mol.